The third-order valence-electron chi connectivity index (χ3n) is 2.78. The lowest BCUT2D eigenvalue weighted by molar-refractivity contribution is 0.138. The molecule has 0 atom stereocenters. The molecule has 2 heterocycles. The number of rotatable bonds is 3. The summed E-state index contributed by atoms with van der Waals surface area (Å²) in [6, 6.07) is 3.37. The van der Waals surface area contributed by atoms with E-state index in [1.807, 2.05) is 0 Å². The minimum Gasteiger partial charge on any atom is -0.267 e. The van der Waals surface area contributed by atoms with Crippen LogP contribution in [0, 0.1) is 6.92 Å². The van der Waals surface area contributed by atoms with Crippen molar-refractivity contribution in [2.24, 2.45) is 7.05 Å². The Morgan fingerprint density at radius 3 is 2.78 bits per heavy atom. The molecule has 6 heteroatoms. The number of pyridine rings is 1. The Balaban J connectivity index is 2.48. The van der Waals surface area contributed by atoms with Gasteiger partial charge >= 0.3 is 0 Å². The summed E-state index contributed by atoms with van der Waals surface area (Å²) < 4.78 is 25.5. The average molecular weight is 253 g/mol. The second-order valence-corrected chi connectivity index (χ2v) is 4.15. The van der Waals surface area contributed by atoms with Crippen molar-refractivity contribution in [1.29, 1.82) is 0 Å². The molecule has 2 aromatic rings. The minimum atomic E-state index is -2.34. The molecule has 4 nitrogen and oxygen atoms in total. The second kappa shape index (κ2) is 4.80. The summed E-state index contributed by atoms with van der Waals surface area (Å²) in [5.74, 6) is 0. The fourth-order valence-electron chi connectivity index (χ4n) is 1.80. The van der Waals surface area contributed by atoms with Crippen molar-refractivity contribution in [3.05, 3.63) is 33.7 Å². The van der Waals surface area contributed by atoms with Crippen LogP contribution in [0.25, 0.3) is 11.0 Å². The van der Waals surface area contributed by atoms with Crippen LogP contribution in [0.1, 0.15) is 17.7 Å². The topological polar surface area (TPSA) is 47.8 Å². The monoisotopic (exact) mass is 253 g/mol. The first-order chi connectivity index (χ1) is 8.49. The highest BCUT2D eigenvalue weighted by Crippen LogP contribution is 2.13. The molecule has 2 aromatic heterocycles. The van der Waals surface area contributed by atoms with E-state index in [1.165, 1.54) is 4.68 Å². The Morgan fingerprint density at radius 1 is 1.39 bits per heavy atom. The smallest absolute Gasteiger partial charge is 0.267 e. The van der Waals surface area contributed by atoms with Gasteiger partial charge in [-0.2, -0.15) is 5.10 Å². The van der Waals surface area contributed by atoms with Crippen LogP contribution in [0.3, 0.4) is 0 Å². The summed E-state index contributed by atoms with van der Waals surface area (Å²) in [5.41, 5.74) is 1.91. The Labute approximate surface area is 102 Å². The molecular formula is C12H13F2N3O. The normalized spacial score (nSPS) is 11.4. The largest absolute Gasteiger partial charge is 0.271 e. The number of halogens is 2. The maximum atomic E-state index is 12.1. The maximum Gasteiger partial charge on any atom is 0.271 e. The van der Waals surface area contributed by atoms with E-state index in [0.29, 0.717) is 22.3 Å². The molecule has 0 fully saturated rings. The van der Waals surface area contributed by atoms with Crippen LogP contribution in [0.4, 0.5) is 8.78 Å². The van der Waals surface area contributed by atoms with E-state index in [0.717, 1.165) is 0 Å². The third kappa shape index (κ3) is 2.37. The van der Waals surface area contributed by atoms with E-state index < -0.39 is 6.43 Å². The number of alkyl halides is 2. The van der Waals surface area contributed by atoms with Gasteiger partial charge in [-0.3, -0.25) is 9.78 Å². The van der Waals surface area contributed by atoms with Crippen LogP contribution in [0.15, 0.2) is 16.9 Å². The molecule has 0 saturated heterocycles. The van der Waals surface area contributed by atoms with Crippen molar-refractivity contribution >= 4 is 11.0 Å². The van der Waals surface area contributed by atoms with Gasteiger partial charge in [0.05, 0.1) is 5.52 Å². The van der Waals surface area contributed by atoms with E-state index in [-0.39, 0.29) is 18.4 Å². The number of aromatic nitrogens is 3. The third-order valence-corrected chi connectivity index (χ3v) is 2.78. The molecule has 0 aromatic carbocycles. The van der Waals surface area contributed by atoms with Crippen molar-refractivity contribution in [3.63, 3.8) is 0 Å². The number of nitrogens with zero attached hydrogens (tertiary/aromatic N) is 3. The van der Waals surface area contributed by atoms with Crippen molar-refractivity contribution in [2.45, 2.75) is 26.2 Å². The molecule has 0 saturated carbocycles. The van der Waals surface area contributed by atoms with Crippen molar-refractivity contribution in [1.82, 2.24) is 14.8 Å². The SMILES string of the molecule is Cc1c(=O)n(C)nc2ccc(CCC(F)F)nc12. The maximum absolute atomic E-state index is 12.1. The average Bonchev–Trinajstić information content (AvgIpc) is 2.34. The van der Waals surface area contributed by atoms with Gasteiger partial charge in [-0.1, -0.05) is 0 Å². The van der Waals surface area contributed by atoms with E-state index in [4.69, 9.17) is 0 Å². The first kappa shape index (κ1) is 12.6. The number of aryl methyl sites for hydroxylation is 3. The molecule has 0 aliphatic rings. The minimum absolute atomic E-state index is 0.197. The molecule has 0 aliphatic carbocycles. The van der Waals surface area contributed by atoms with Gasteiger partial charge in [0, 0.05) is 24.7 Å². The molecule has 0 unspecified atom stereocenters. The Kier molecular flexibility index (Phi) is 3.36. The van der Waals surface area contributed by atoms with Gasteiger partial charge in [-0.15, -0.1) is 0 Å². The van der Waals surface area contributed by atoms with Crippen molar-refractivity contribution < 1.29 is 8.78 Å². The van der Waals surface area contributed by atoms with E-state index in [2.05, 4.69) is 10.1 Å². The number of fused-ring (bicyclic) bond motifs is 1. The van der Waals surface area contributed by atoms with Crippen molar-refractivity contribution in [2.75, 3.05) is 0 Å². The van der Waals surface area contributed by atoms with E-state index in [9.17, 15) is 13.6 Å². The molecule has 18 heavy (non-hydrogen) atoms. The number of hydrogen-bond acceptors (Lipinski definition) is 3. The lowest BCUT2D eigenvalue weighted by Crippen LogP contribution is -2.22. The Bertz CT molecular complexity index is 637. The lowest BCUT2D eigenvalue weighted by Gasteiger charge is -2.06. The molecule has 0 aliphatic heterocycles. The first-order valence-corrected chi connectivity index (χ1v) is 5.60. The fourth-order valence-corrected chi connectivity index (χ4v) is 1.80. The summed E-state index contributed by atoms with van der Waals surface area (Å²) >= 11 is 0. The quantitative estimate of drug-likeness (QED) is 0.838. The van der Waals surface area contributed by atoms with Crippen LogP contribution in [-0.2, 0) is 13.5 Å². The molecule has 0 spiro atoms. The van der Waals surface area contributed by atoms with Gasteiger partial charge in [0.25, 0.3) is 5.56 Å². The molecular weight excluding hydrogens is 240 g/mol. The van der Waals surface area contributed by atoms with E-state index >= 15 is 0 Å². The highest BCUT2D eigenvalue weighted by molar-refractivity contribution is 5.76. The van der Waals surface area contributed by atoms with Gasteiger partial charge in [0.15, 0.2) is 0 Å². The Morgan fingerprint density at radius 2 is 2.11 bits per heavy atom. The molecule has 0 N–H and O–H groups in total. The predicted molar refractivity (Wildman–Crippen MR) is 63.8 cm³/mol. The summed E-state index contributed by atoms with van der Waals surface area (Å²) in [6.07, 6.45) is -2.37. The first-order valence-electron chi connectivity index (χ1n) is 5.60. The van der Waals surface area contributed by atoms with Crippen LogP contribution < -0.4 is 5.56 Å². The summed E-state index contributed by atoms with van der Waals surface area (Å²) in [5, 5.41) is 4.07. The highest BCUT2D eigenvalue weighted by atomic mass is 19.3. The molecule has 0 bridgehead atoms. The van der Waals surface area contributed by atoms with Gasteiger partial charge in [-0.05, 0) is 25.5 Å². The molecule has 96 valence electrons. The predicted octanol–water partition coefficient (Wildman–Crippen LogP) is 1.83. The highest BCUT2D eigenvalue weighted by Gasteiger charge is 2.09. The lowest BCUT2D eigenvalue weighted by atomic mass is 10.2. The molecule has 0 amide bonds. The van der Waals surface area contributed by atoms with Gasteiger partial charge in [0.1, 0.15) is 5.52 Å². The molecule has 0 radical (unpaired) electrons. The van der Waals surface area contributed by atoms with Crippen molar-refractivity contribution in [3.8, 4) is 0 Å². The Hall–Kier alpha value is -1.85. The van der Waals surface area contributed by atoms with Gasteiger partial charge in [0.2, 0.25) is 6.43 Å². The number of hydrogen-bond donors (Lipinski definition) is 0. The van der Waals surface area contributed by atoms with Crippen LogP contribution in [0.2, 0.25) is 0 Å². The molecule has 2 rings (SSSR count). The van der Waals surface area contributed by atoms with E-state index in [1.54, 1.807) is 26.1 Å². The van der Waals surface area contributed by atoms with Crippen LogP contribution in [0.5, 0.6) is 0 Å². The van der Waals surface area contributed by atoms with Gasteiger partial charge in [-0.25, -0.2) is 13.5 Å². The zero-order chi connectivity index (χ0) is 13.3. The zero-order valence-corrected chi connectivity index (χ0v) is 10.2. The fraction of sp³-hybridized carbons (Fsp3) is 0.417. The second-order valence-electron chi connectivity index (χ2n) is 4.15. The summed E-state index contributed by atoms with van der Waals surface area (Å²) in [4.78, 5) is 15.9. The summed E-state index contributed by atoms with van der Waals surface area (Å²) in [6.45, 7) is 1.66. The van der Waals surface area contributed by atoms with Crippen LogP contribution >= 0.6 is 0 Å². The van der Waals surface area contributed by atoms with Crippen LogP contribution in [-0.4, -0.2) is 21.2 Å². The zero-order valence-electron chi connectivity index (χ0n) is 10.2. The van der Waals surface area contributed by atoms with Gasteiger partial charge < -0.3 is 0 Å². The summed E-state index contributed by atoms with van der Waals surface area (Å²) in [7, 11) is 1.57. The standard InChI is InChI=1S/C12H13F2N3O/c1-7-11-9(16-17(2)12(7)18)5-3-8(15-11)4-6-10(13)14/h3,5,10H,4,6H2,1-2H3.